The Bertz CT molecular complexity index is 756. The summed E-state index contributed by atoms with van der Waals surface area (Å²) in [6.45, 7) is 3.70. The second-order valence-electron chi connectivity index (χ2n) is 5.86. The summed E-state index contributed by atoms with van der Waals surface area (Å²) in [7, 11) is 0. The molecule has 1 aliphatic heterocycles. The van der Waals surface area contributed by atoms with Crippen molar-refractivity contribution < 1.29 is 4.79 Å². The van der Waals surface area contributed by atoms with E-state index in [4.69, 9.17) is 0 Å². The standard InChI is InChI=1S/C17H20N4O2.2ClH/c1-11-4-6-12(7-5-11)15-19-10-14(17(23)21-15)16(22)20-13-3-2-8-18-9-13;;/h4-7,10,13,18H,2-3,8-9H2,1H3,(H,20,22)(H,19,21,23);2*1H/t13-;;/m0../s1. The molecule has 1 saturated heterocycles. The molecule has 1 aliphatic rings. The minimum Gasteiger partial charge on any atom is -0.348 e. The van der Waals surface area contributed by atoms with E-state index in [0.717, 1.165) is 37.1 Å². The van der Waals surface area contributed by atoms with Crippen LogP contribution in [-0.2, 0) is 0 Å². The molecule has 1 amide bonds. The van der Waals surface area contributed by atoms with Crippen LogP contribution < -0.4 is 16.2 Å². The lowest BCUT2D eigenvalue weighted by atomic mass is 10.1. The van der Waals surface area contributed by atoms with Crippen molar-refractivity contribution in [2.75, 3.05) is 13.1 Å². The number of hydrogen-bond donors (Lipinski definition) is 3. The summed E-state index contributed by atoms with van der Waals surface area (Å²) >= 11 is 0. The average Bonchev–Trinajstić information content (AvgIpc) is 2.56. The Labute approximate surface area is 158 Å². The number of piperidine rings is 1. The molecule has 0 spiro atoms. The number of aryl methyl sites for hydroxylation is 1. The van der Waals surface area contributed by atoms with E-state index in [-0.39, 0.29) is 42.3 Å². The summed E-state index contributed by atoms with van der Waals surface area (Å²) in [6.07, 6.45) is 3.29. The molecule has 25 heavy (non-hydrogen) atoms. The number of aromatic nitrogens is 2. The van der Waals surface area contributed by atoms with E-state index >= 15 is 0 Å². The second kappa shape index (κ2) is 9.56. The largest absolute Gasteiger partial charge is 0.348 e. The van der Waals surface area contributed by atoms with Crippen molar-refractivity contribution in [1.29, 1.82) is 0 Å². The number of rotatable bonds is 3. The van der Waals surface area contributed by atoms with Gasteiger partial charge in [0.25, 0.3) is 11.5 Å². The van der Waals surface area contributed by atoms with Crippen LogP contribution in [0.4, 0.5) is 0 Å². The number of aromatic amines is 1. The third-order valence-corrected chi connectivity index (χ3v) is 4.00. The van der Waals surface area contributed by atoms with Crippen molar-refractivity contribution in [3.63, 3.8) is 0 Å². The average molecular weight is 385 g/mol. The van der Waals surface area contributed by atoms with E-state index in [2.05, 4.69) is 20.6 Å². The maximum absolute atomic E-state index is 12.2. The highest BCUT2D eigenvalue weighted by atomic mass is 35.5. The summed E-state index contributed by atoms with van der Waals surface area (Å²) < 4.78 is 0. The quantitative estimate of drug-likeness (QED) is 0.755. The van der Waals surface area contributed by atoms with Crippen LogP contribution in [-0.4, -0.2) is 35.0 Å². The first-order chi connectivity index (χ1) is 11.1. The molecule has 8 heteroatoms. The van der Waals surface area contributed by atoms with Gasteiger partial charge in [-0.05, 0) is 26.3 Å². The van der Waals surface area contributed by atoms with Crippen molar-refractivity contribution in [3.8, 4) is 11.4 Å². The van der Waals surface area contributed by atoms with E-state index < -0.39 is 5.56 Å². The molecule has 1 aromatic carbocycles. The Hall–Kier alpha value is -1.89. The predicted octanol–water partition coefficient (Wildman–Crippen LogP) is 2.07. The van der Waals surface area contributed by atoms with Crippen LogP contribution in [0.25, 0.3) is 11.4 Å². The maximum atomic E-state index is 12.2. The Kier molecular flexibility index (Phi) is 8.09. The molecule has 0 radical (unpaired) electrons. The third kappa shape index (κ3) is 5.29. The molecule has 1 atom stereocenters. The molecule has 0 saturated carbocycles. The lowest BCUT2D eigenvalue weighted by molar-refractivity contribution is 0.0929. The lowest BCUT2D eigenvalue weighted by Gasteiger charge is -2.23. The van der Waals surface area contributed by atoms with Gasteiger partial charge in [0.2, 0.25) is 0 Å². The maximum Gasteiger partial charge on any atom is 0.264 e. The van der Waals surface area contributed by atoms with E-state index in [1.54, 1.807) is 0 Å². The fourth-order valence-corrected chi connectivity index (χ4v) is 2.65. The molecule has 3 N–H and O–H groups in total. The molecule has 136 valence electrons. The molecular weight excluding hydrogens is 363 g/mol. The second-order valence-corrected chi connectivity index (χ2v) is 5.86. The van der Waals surface area contributed by atoms with Crippen molar-refractivity contribution in [2.24, 2.45) is 0 Å². The van der Waals surface area contributed by atoms with E-state index in [9.17, 15) is 9.59 Å². The van der Waals surface area contributed by atoms with Crippen molar-refractivity contribution in [2.45, 2.75) is 25.8 Å². The smallest absolute Gasteiger partial charge is 0.264 e. The summed E-state index contributed by atoms with van der Waals surface area (Å²) in [4.78, 5) is 31.3. The highest BCUT2D eigenvalue weighted by molar-refractivity contribution is 5.93. The molecule has 6 nitrogen and oxygen atoms in total. The summed E-state index contributed by atoms with van der Waals surface area (Å²) in [5, 5.41) is 6.11. The first-order valence-corrected chi connectivity index (χ1v) is 7.81. The lowest BCUT2D eigenvalue weighted by Crippen LogP contribution is -2.46. The Morgan fingerprint density at radius 1 is 1.24 bits per heavy atom. The van der Waals surface area contributed by atoms with Gasteiger partial charge in [-0.25, -0.2) is 4.98 Å². The Balaban J connectivity index is 0.00000156. The van der Waals surface area contributed by atoms with Crippen molar-refractivity contribution >= 4 is 30.7 Å². The number of carbonyl (C=O) groups excluding carboxylic acids is 1. The number of hydrogen-bond acceptors (Lipinski definition) is 4. The number of carbonyl (C=O) groups is 1. The molecule has 3 rings (SSSR count). The summed E-state index contributed by atoms with van der Waals surface area (Å²) in [5.74, 6) is 0.0915. The van der Waals surface area contributed by atoms with Crippen LogP contribution in [0.15, 0.2) is 35.3 Å². The van der Waals surface area contributed by atoms with Crippen LogP contribution in [0.3, 0.4) is 0 Å². The van der Waals surface area contributed by atoms with Gasteiger partial charge in [0.15, 0.2) is 0 Å². The topological polar surface area (TPSA) is 86.9 Å². The van der Waals surface area contributed by atoms with Crippen LogP contribution >= 0.6 is 24.8 Å². The first kappa shape index (κ1) is 21.2. The van der Waals surface area contributed by atoms with Crippen LogP contribution in [0.1, 0.15) is 28.8 Å². The molecule has 0 aliphatic carbocycles. The normalized spacial score (nSPS) is 16.3. The van der Waals surface area contributed by atoms with Crippen molar-refractivity contribution in [3.05, 3.63) is 51.9 Å². The van der Waals surface area contributed by atoms with Gasteiger partial charge in [-0.15, -0.1) is 24.8 Å². The molecule has 2 heterocycles. The number of H-pyrrole nitrogens is 1. The van der Waals surface area contributed by atoms with Gasteiger partial charge in [-0.2, -0.15) is 0 Å². The predicted molar refractivity (Wildman–Crippen MR) is 103 cm³/mol. The van der Waals surface area contributed by atoms with Crippen LogP contribution in [0.2, 0.25) is 0 Å². The molecular formula is C17H22Cl2N4O2. The first-order valence-electron chi connectivity index (χ1n) is 7.81. The monoisotopic (exact) mass is 384 g/mol. The minimum atomic E-state index is -0.420. The van der Waals surface area contributed by atoms with Crippen LogP contribution in [0.5, 0.6) is 0 Å². The number of halogens is 2. The zero-order chi connectivity index (χ0) is 16.2. The minimum absolute atomic E-state index is 0. The van der Waals surface area contributed by atoms with E-state index in [1.807, 2.05) is 31.2 Å². The molecule has 0 unspecified atom stereocenters. The highest BCUT2D eigenvalue weighted by Crippen LogP contribution is 2.13. The number of nitrogens with one attached hydrogen (secondary N) is 3. The SMILES string of the molecule is Cc1ccc(-c2ncc(C(=O)N[C@H]3CCCNC3)c(=O)[nH]2)cc1.Cl.Cl. The Morgan fingerprint density at radius 3 is 2.56 bits per heavy atom. The van der Waals surface area contributed by atoms with Gasteiger partial charge in [-0.1, -0.05) is 29.8 Å². The van der Waals surface area contributed by atoms with E-state index in [1.165, 1.54) is 6.20 Å². The summed E-state index contributed by atoms with van der Waals surface area (Å²) in [6, 6.07) is 7.74. The van der Waals surface area contributed by atoms with Crippen LogP contribution in [0, 0.1) is 6.92 Å². The number of benzene rings is 1. The van der Waals surface area contributed by atoms with Gasteiger partial charge in [0.1, 0.15) is 11.4 Å². The fourth-order valence-electron chi connectivity index (χ4n) is 2.65. The molecule has 1 aromatic heterocycles. The van der Waals surface area contributed by atoms with E-state index in [0.29, 0.717) is 5.82 Å². The fraction of sp³-hybridized carbons (Fsp3) is 0.353. The Morgan fingerprint density at radius 2 is 1.96 bits per heavy atom. The molecule has 1 fully saturated rings. The number of amides is 1. The van der Waals surface area contributed by atoms with Gasteiger partial charge in [0, 0.05) is 24.3 Å². The number of nitrogens with zero attached hydrogens (tertiary/aromatic N) is 1. The highest BCUT2D eigenvalue weighted by Gasteiger charge is 2.18. The third-order valence-electron chi connectivity index (χ3n) is 4.00. The van der Waals surface area contributed by atoms with Crippen molar-refractivity contribution in [1.82, 2.24) is 20.6 Å². The molecule has 0 bridgehead atoms. The molecule has 2 aromatic rings. The van der Waals surface area contributed by atoms with Gasteiger partial charge < -0.3 is 15.6 Å². The van der Waals surface area contributed by atoms with Gasteiger partial charge in [0.05, 0.1) is 0 Å². The van der Waals surface area contributed by atoms with Gasteiger partial charge >= 0.3 is 0 Å². The zero-order valence-corrected chi connectivity index (χ0v) is 15.5. The summed E-state index contributed by atoms with van der Waals surface area (Å²) in [5.41, 5.74) is 1.58. The van der Waals surface area contributed by atoms with Gasteiger partial charge in [-0.3, -0.25) is 9.59 Å². The zero-order valence-electron chi connectivity index (χ0n) is 13.9.